The van der Waals surface area contributed by atoms with Crippen LogP contribution < -0.4 is 0 Å². The van der Waals surface area contributed by atoms with Gasteiger partial charge in [0.1, 0.15) is 11.8 Å². The van der Waals surface area contributed by atoms with E-state index >= 15 is 0 Å². The molecule has 1 unspecified atom stereocenters. The fourth-order valence-electron chi connectivity index (χ4n) is 3.99. The Bertz CT molecular complexity index is 958. The van der Waals surface area contributed by atoms with Gasteiger partial charge >= 0.3 is 5.97 Å². The molecule has 1 aliphatic rings. The Labute approximate surface area is 181 Å². The molecule has 1 atom stereocenters. The molecule has 2 aromatic rings. The highest BCUT2D eigenvalue weighted by molar-refractivity contribution is 7.90. The number of ether oxygens (including phenoxy) is 1. The van der Waals surface area contributed by atoms with E-state index < -0.39 is 17.1 Å². The highest BCUT2D eigenvalue weighted by Gasteiger charge is 2.22. The highest BCUT2D eigenvalue weighted by atomic mass is 32.2. The molecule has 6 heteroatoms. The molecule has 1 aromatic carbocycles. The fourth-order valence-corrected chi connectivity index (χ4v) is 4.72. The lowest BCUT2D eigenvalue weighted by Gasteiger charge is -2.15. The number of aryl methyl sites for hydroxylation is 1. The normalized spacial score (nSPS) is 14.9. The van der Waals surface area contributed by atoms with E-state index in [1.54, 1.807) is 24.3 Å². The molecule has 0 fully saturated rings. The quantitative estimate of drug-likeness (QED) is 0.263. The number of allylic oxidation sites excluding steroid dienone is 2. The van der Waals surface area contributed by atoms with Crippen LogP contribution in [0.2, 0.25) is 0 Å². The number of nitrogens with zero attached hydrogens (tertiary/aromatic N) is 1. The zero-order valence-electron chi connectivity index (χ0n) is 17.9. The molecule has 0 N–H and O–H groups in total. The summed E-state index contributed by atoms with van der Waals surface area (Å²) in [6, 6.07) is 8.47. The molecular formula is C24H29NO4S. The fraction of sp³-hybridized carbons (Fsp3) is 0.417. The first-order chi connectivity index (χ1) is 14.4. The molecule has 1 aromatic heterocycles. The van der Waals surface area contributed by atoms with E-state index in [-0.39, 0.29) is 18.0 Å². The summed E-state index contributed by atoms with van der Waals surface area (Å²) in [5, 5.41) is 0. The Balaban J connectivity index is 1.64. The summed E-state index contributed by atoms with van der Waals surface area (Å²) in [5.41, 5.74) is 4.26. The second kappa shape index (κ2) is 10.1. The van der Waals surface area contributed by atoms with Gasteiger partial charge in [-0.05, 0) is 75.3 Å². The van der Waals surface area contributed by atoms with Crippen molar-refractivity contribution in [1.82, 2.24) is 4.57 Å². The topological polar surface area (TPSA) is 71.4 Å². The lowest BCUT2D eigenvalue weighted by atomic mass is 9.97. The Morgan fingerprint density at radius 2 is 1.93 bits per heavy atom. The molecule has 0 radical (unpaired) electrons. The second-order valence-electron chi connectivity index (χ2n) is 7.74. The average molecular weight is 428 g/mol. The minimum atomic E-state index is -1.31. The molecule has 0 aliphatic heterocycles. The number of carbonyl (C=O) groups excluding carboxylic acids is 2. The SMILES string of the molecule is Cc1cc(C(=O)COC(=O)c2ccccc2[S+](C)[O-])c(C)n1CCC1=CCCCC1. The Morgan fingerprint density at radius 3 is 2.63 bits per heavy atom. The number of esters is 1. The van der Waals surface area contributed by atoms with E-state index in [1.165, 1.54) is 37.5 Å². The number of ketones is 1. The highest BCUT2D eigenvalue weighted by Crippen LogP contribution is 2.23. The van der Waals surface area contributed by atoms with Crippen LogP contribution in [0.4, 0.5) is 0 Å². The van der Waals surface area contributed by atoms with Crippen molar-refractivity contribution in [3.05, 3.63) is 64.5 Å². The molecule has 0 saturated heterocycles. The van der Waals surface area contributed by atoms with Gasteiger partial charge in [0.25, 0.3) is 0 Å². The van der Waals surface area contributed by atoms with Crippen LogP contribution >= 0.6 is 0 Å². The monoisotopic (exact) mass is 427 g/mol. The summed E-state index contributed by atoms with van der Waals surface area (Å²) in [7, 11) is 0. The van der Waals surface area contributed by atoms with Crippen LogP contribution in [0.25, 0.3) is 0 Å². The Kier molecular flexibility index (Phi) is 7.56. The number of aromatic nitrogens is 1. The maximum atomic E-state index is 12.7. The largest absolute Gasteiger partial charge is 0.612 e. The summed E-state index contributed by atoms with van der Waals surface area (Å²) in [6.07, 6.45) is 9.75. The molecule has 0 spiro atoms. The third-order valence-electron chi connectivity index (χ3n) is 5.67. The first-order valence-corrected chi connectivity index (χ1v) is 11.9. The van der Waals surface area contributed by atoms with Gasteiger partial charge in [0.15, 0.2) is 11.5 Å². The van der Waals surface area contributed by atoms with Gasteiger partial charge in [0.2, 0.25) is 5.78 Å². The van der Waals surface area contributed by atoms with Crippen molar-refractivity contribution < 1.29 is 18.9 Å². The summed E-state index contributed by atoms with van der Waals surface area (Å²) in [6.45, 7) is 4.45. The van der Waals surface area contributed by atoms with Crippen molar-refractivity contribution in [2.75, 3.05) is 12.9 Å². The van der Waals surface area contributed by atoms with Crippen LogP contribution in [0.15, 0.2) is 46.9 Å². The van der Waals surface area contributed by atoms with Crippen molar-refractivity contribution in [3.63, 3.8) is 0 Å². The summed E-state index contributed by atoms with van der Waals surface area (Å²) >= 11 is -1.31. The lowest BCUT2D eigenvalue weighted by Crippen LogP contribution is -2.17. The number of carbonyl (C=O) groups is 2. The zero-order chi connectivity index (χ0) is 21.7. The van der Waals surface area contributed by atoms with Crippen LogP contribution in [0, 0.1) is 13.8 Å². The van der Waals surface area contributed by atoms with Crippen molar-refractivity contribution >= 4 is 22.9 Å². The first kappa shape index (κ1) is 22.4. The van der Waals surface area contributed by atoms with E-state index in [9.17, 15) is 14.1 Å². The molecule has 0 saturated carbocycles. The average Bonchev–Trinajstić information content (AvgIpc) is 3.04. The first-order valence-electron chi connectivity index (χ1n) is 10.4. The van der Waals surface area contributed by atoms with Crippen LogP contribution in [0.1, 0.15) is 64.2 Å². The molecule has 0 amide bonds. The molecular weight excluding hydrogens is 398 g/mol. The van der Waals surface area contributed by atoms with E-state index in [2.05, 4.69) is 10.6 Å². The lowest BCUT2D eigenvalue weighted by molar-refractivity contribution is 0.0471. The van der Waals surface area contributed by atoms with E-state index in [0.717, 1.165) is 24.4 Å². The molecule has 5 nitrogen and oxygen atoms in total. The number of Topliss-reactive ketones (excluding diaryl/α,β-unsaturated/α-hetero) is 1. The summed E-state index contributed by atoms with van der Waals surface area (Å²) in [5.74, 6) is -0.859. The van der Waals surface area contributed by atoms with E-state index in [4.69, 9.17) is 4.74 Å². The molecule has 3 rings (SSSR count). The third-order valence-corrected chi connectivity index (χ3v) is 6.64. The standard InChI is InChI=1S/C24H29NO4S/c1-17-15-21(18(2)25(17)14-13-19-9-5-4-6-10-19)22(26)16-29-24(27)20-11-7-8-12-23(20)30(3)28/h7-9,11-12,15H,4-6,10,13-14,16H2,1-3H3. The van der Waals surface area contributed by atoms with Crippen molar-refractivity contribution in [3.8, 4) is 0 Å². The van der Waals surface area contributed by atoms with Crippen molar-refractivity contribution in [2.45, 2.75) is 57.4 Å². The minimum Gasteiger partial charge on any atom is -0.612 e. The van der Waals surface area contributed by atoms with Gasteiger partial charge in [-0.25, -0.2) is 4.79 Å². The Hall–Kier alpha value is -2.31. The maximum absolute atomic E-state index is 12.7. The predicted molar refractivity (Wildman–Crippen MR) is 118 cm³/mol. The van der Waals surface area contributed by atoms with Crippen LogP contribution in [-0.4, -0.2) is 33.7 Å². The molecule has 30 heavy (non-hydrogen) atoms. The zero-order valence-corrected chi connectivity index (χ0v) is 18.7. The molecule has 160 valence electrons. The van der Waals surface area contributed by atoms with Gasteiger partial charge in [-0.2, -0.15) is 0 Å². The van der Waals surface area contributed by atoms with Crippen molar-refractivity contribution in [1.29, 1.82) is 0 Å². The number of benzene rings is 1. The molecule has 1 aliphatic carbocycles. The maximum Gasteiger partial charge on any atom is 0.343 e. The predicted octanol–water partition coefficient (Wildman–Crippen LogP) is 4.77. The number of rotatable bonds is 8. The summed E-state index contributed by atoms with van der Waals surface area (Å²) < 4.78 is 19.2. The van der Waals surface area contributed by atoms with Crippen LogP contribution in [0.5, 0.6) is 0 Å². The molecule has 1 heterocycles. The van der Waals surface area contributed by atoms with Gasteiger partial charge in [-0.3, -0.25) is 4.79 Å². The minimum absolute atomic E-state index is 0.227. The molecule has 0 bridgehead atoms. The third kappa shape index (κ3) is 5.24. The van der Waals surface area contributed by atoms with Gasteiger partial charge in [0, 0.05) is 23.5 Å². The van der Waals surface area contributed by atoms with E-state index in [1.807, 2.05) is 19.9 Å². The van der Waals surface area contributed by atoms with Gasteiger partial charge in [-0.15, -0.1) is 0 Å². The van der Waals surface area contributed by atoms with Crippen molar-refractivity contribution in [2.24, 2.45) is 0 Å². The van der Waals surface area contributed by atoms with Gasteiger partial charge in [0.05, 0.1) is 0 Å². The van der Waals surface area contributed by atoms with Crippen LogP contribution in [-0.2, 0) is 22.5 Å². The van der Waals surface area contributed by atoms with Gasteiger partial charge < -0.3 is 13.9 Å². The van der Waals surface area contributed by atoms with Crippen LogP contribution in [0.3, 0.4) is 0 Å². The Morgan fingerprint density at radius 1 is 1.17 bits per heavy atom. The smallest absolute Gasteiger partial charge is 0.343 e. The number of hydrogen-bond acceptors (Lipinski definition) is 4. The van der Waals surface area contributed by atoms with Gasteiger partial charge in [-0.1, -0.05) is 23.8 Å². The number of hydrogen-bond donors (Lipinski definition) is 0. The summed E-state index contributed by atoms with van der Waals surface area (Å²) in [4.78, 5) is 25.6. The second-order valence-corrected chi connectivity index (χ2v) is 9.09. The van der Waals surface area contributed by atoms with E-state index in [0.29, 0.717) is 10.5 Å².